The van der Waals surface area contributed by atoms with Gasteiger partial charge < -0.3 is 18.9 Å². The van der Waals surface area contributed by atoms with Crippen LogP contribution in [-0.4, -0.2) is 25.3 Å². The first-order valence-corrected chi connectivity index (χ1v) is 14.8. The van der Waals surface area contributed by atoms with Gasteiger partial charge in [0.2, 0.25) is 0 Å². The predicted octanol–water partition coefficient (Wildman–Crippen LogP) is 7.75. The molecule has 0 bridgehead atoms. The molecule has 0 unspecified atom stereocenters. The van der Waals surface area contributed by atoms with Gasteiger partial charge in [0, 0.05) is 5.56 Å². The molecule has 7 heteroatoms. The lowest BCUT2D eigenvalue weighted by molar-refractivity contribution is 0.0955. The zero-order valence-electron chi connectivity index (χ0n) is 25.2. The molecule has 1 N–H and O–H groups in total. The molecule has 0 aliphatic carbocycles. The molecule has 0 spiro atoms. The van der Waals surface area contributed by atoms with Crippen molar-refractivity contribution in [2.45, 2.75) is 53.2 Å². The summed E-state index contributed by atoms with van der Waals surface area (Å²) in [7, 11) is 0. The zero-order valence-corrected chi connectivity index (χ0v) is 25.2. The van der Waals surface area contributed by atoms with Crippen LogP contribution in [0.15, 0.2) is 96.1 Å². The third kappa shape index (κ3) is 9.64. The van der Waals surface area contributed by atoms with Crippen molar-refractivity contribution in [3.63, 3.8) is 0 Å². The van der Waals surface area contributed by atoms with E-state index in [1.165, 1.54) is 5.56 Å². The maximum atomic E-state index is 12.5. The number of unbranched alkanes of at least 4 members (excludes halogenated alkanes) is 1. The average Bonchev–Trinajstić information content (AvgIpc) is 3.04. The molecule has 4 aromatic carbocycles. The Labute approximate surface area is 254 Å². The van der Waals surface area contributed by atoms with Gasteiger partial charge in [-0.3, -0.25) is 4.79 Å². The van der Waals surface area contributed by atoms with Crippen molar-refractivity contribution in [1.82, 2.24) is 5.43 Å². The van der Waals surface area contributed by atoms with Crippen LogP contribution < -0.4 is 24.4 Å². The summed E-state index contributed by atoms with van der Waals surface area (Å²) < 4.78 is 23.8. The fourth-order valence-electron chi connectivity index (χ4n) is 4.35. The van der Waals surface area contributed by atoms with Crippen molar-refractivity contribution in [2.75, 3.05) is 13.2 Å². The maximum absolute atomic E-state index is 12.5. The summed E-state index contributed by atoms with van der Waals surface area (Å²) in [6, 6.07) is 29.0. The van der Waals surface area contributed by atoms with Gasteiger partial charge in [0.15, 0.2) is 23.0 Å². The fraction of sp³-hybridized carbons (Fsp3) is 0.278. The molecule has 0 aliphatic heterocycles. The van der Waals surface area contributed by atoms with Gasteiger partial charge in [-0.25, -0.2) is 5.43 Å². The SMILES string of the molecule is CCCCc1ccc(C(=O)N/N=C/c2ccc(OCc3ccc(OCc4ccccc4)c(OCC)c3)c(OCC)c2)cc1. The number of hydrogen-bond acceptors (Lipinski definition) is 6. The summed E-state index contributed by atoms with van der Waals surface area (Å²) in [5.41, 5.74) is 7.19. The second-order valence-corrected chi connectivity index (χ2v) is 9.92. The van der Waals surface area contributed by atoms with Crippen molar-refractivity contribution in [2.24, 2.45) is 5.10 Å². The minimum Gasteiger partial charge on any atom is -0.490 e. The molecule has 4 aromatic rings. The standard InChI is InChI=1S/C36H40N2O5/c1-4-7-11-27-14-18-31(19-15-27)36(39)38-37-24-29-16-20-32(34(22-29)40-5-2)43-26-30-17-21-33(35(23-30)41-6-3)42-25-28-12-9-8-10-13-28/h8-10,12-24H,4-7,11,25-26H2,1-3H3,(H,38,39)/b37-24+. The Morgan fingerprint density at radius 3 is 1.98 bits per heavy atom. The molecule has 7 nitrogen and oxygen atoms in total. The van der Waals surface area contributed by atoms with E-state index >= 15 is 0 Å². The van der Waals surface area contributed by atoms with Crippen molar-refractivity contribution in [3.05, 3.63) is 119 Å². The van der Waals surface area contributed by atoms with Crippen LogP contribution in [0.1, 0.15) is 66.2 Å². The number of carbonyl (C=O) groups excluding carboxylic acids is 1. The van der Waals surface area contributed by atoms with Crippen LogP contribution in [0, 0.1) is 0 Å². The van der Waals surface area contributed by atoms with Crippen LogP contribution >= 0.6 is 0 Å². The van der Waals surface area contributed by atoms with Gasteiger partial charge in [0.05, 0.1) is 19.4 Å². The summed E-state index contributed by atoms with van der Waals surface area (Å²) in [4.78, 5) is 12.5. The molecule has 224 valence electrons. The largest absolute Gasteiger partial charge is 0.490 e. The quantitative estimate of drug-likeness (QED) is 0.108. The number of rotatable bonds is 16. The van der Waals surface area contributed by atoms with Crippen LogP contribution in [-0.2, 0) is 19.6 Å². The summed E-state index contributed by atoms with van der Waals surface area (Å²) in [6.45, 7) is 7.81. The molecule has 0 aromatic heterocycles. The maximum Gasteiger partial charge on any atom is 0.271 e. The van der Waals surface area contributed by atoms with E-state index in [-0.39, 0.29) is 5.91 Å². The highest BCUT2D eigenvalue weighted by molar-refractivity contribution is 5.95. The molecule has 0 atom stereocenters. The Morgan fingerprint density at radius 1 is 0.674 bits per heavy atom. The van der Waals surface area contributed by atoms with E-state index < -0.39 is 0 Å². The Kier molecular flexibility index (Phi) is 12.0. The Hall–Kier alpha value is -4.78. The van der Waals surface area contributed by atoms with E-state index in [4.69, 9.17) is 18.9 Å². The van der Waals surface area contributed by atoms with Crippen molar-refractivity contribution in [1.29, 1.82) is 0 Å². The lowest BCUT2D eigenvalue weighted by Gasteiger charge is -2.15. The fourth-order valence-corrected chi connectivity index (χ4v) is 4.35. The van der Waals surface area contributed by atoms with Crippen LogP contribution in [0.4, 0.5) is 0 Å². The van der Waals surface area contributed by atoms with Crippen LogP contribution in [0.2, 0.25) is 0 Å². The van der Waals surface area contributed by atoms with E-state index in [0.717, 1.165) is 36.0 Å². The number of hydrazone groups is 1. The average molecular weight is 581 g/mol. The molecule has 0 heterocycles. The van der Waals surface area contributed by atoms with Gasteiger partial charge in [-0.2, -0.15) is 5.10 Å². The van der Waals surface area contributed by atoms with Crippen molar-refractivity contribution in [3.8, 4) is 23.0 Å². The molecular weight excluding hydrogens is 540 g/mol. The van der Waals surface area contributed by atoms with Gasteiger partial charge in [0.1, 0.15) is 13.2 Å². The van der Waals surface area contributed by atoms with Gasteiger partial charge >= 0.3 is 0 Å². The summed E-state index contributed by atoms with van der Waals surface area (Å²) in [5, 5.41) is 4.14. The molecule has 43 heavy (non-hydrogen) atoms. The Bertz CT molecular complexity index is 1470. The predicted molar refractivity (Wildman–Crippen MR) is 170 cm³/mol. The van der Waals surface area contributed by atoms with E-state index in [9.17, 15) is 4.79 Å². The highest BCUT2D eigenvalue weighted by Crippen LogP contribution is 2.32. The topological polar surface area (TPSA) is 78.4 Å². The van der Waals surface area contributed by atoms with Gasteiger partial charge in [-0.05, 0) is 91.4 Å². The number of nitrogens with zero attached hydrogens (tertiary/aromatic N) is 1. The molecule has 0 saturated carbocycles. The normalized spacial score (nSPS) is 10.9. The molecular formula is C36H40N2O5. The number of hydrogen-bond donors (Lipinski definition) is 1. The molecule has 0 saturated heterocycles. The number of aryl methyl sites for hydroxylation is 1. The van der Waals surface area contributed by atoms with Crippen LogP contribution in [0.25, 0.3) is 0 Å². The van der Waals surface area contributed by atoms with Gasteiger partial charge in [0.25, 0.3) is 5.91 Å². The first-order chi connectivity index (χ1) is 21.1. The number of carbonyl (C=O) groups is 1. The molecule has 4 rings (SSSR count). The summed E-state index contributed by atoms with van der Waals surface area (Å²) in [5.74, 6) is 2.29. The molecule has 0 fully saturated rings. The summed E-state index contributed by atoms with van der Waals surface area (Å²) in [6.07, 6.45) is 4.88. The van der Waals surface area contributed by atoms with E-state index in [1.54, 1.807) is 6.21 Å². The number of benzene rings is 4. The third-order valence-electron chi connectivity index (χ3n) is 6.62. The van der Waals surface area contributed by atoms with Crippen LogP contribution in [0.3, 0.4) is 0 Å². The number of amides is 1. The second kappa shape index (κ2) is 16.6. The van der Waals surface area contributed by atoms with E-state index in [1.807, 2.05) is 105 Å². The minimum atomic E-state index is -0.258. The zero-order chi connectivity index (χ0) is 30.3. The molecule has 1 amide bonds. The lowest BCUT2D eigenvalue weighted by Crippen LogP contribution is -2.17. The summed E-state index contributed by atoms with van der Waals surface area (Å²) >= 11 is 0. The number of nitrogens with one attached hydrogen (secondary N) is 1. The Balaban J connectivity index is 1.36. The first-order valence-electron chi connectivity index (χ1n) is 14.8. The minimum absolute atomic E-state index is 0.258. The lowest BCUT2D eigenvalue weighted by atomic mass is 10.1. The van der Waals surface area contributed by atoms with E-state index in [2.05, 4.69) is 17.5 Å². The van der Waals surface area contributed by atoms with E-state index in [0.29, 0.717) is 55.0 Å². The second-order valence-electron chi connectivity index (χ2n) is 9.92. The first kappa shape index (κ1) is 31.2. The molecule has 0 aliphatic rings. The Morgan fingerprint density at radius 2 is 1.30 bits per heavy atom. The third-order valence-corrected chi connectivity index (χ3v) is 6.62. The molecule has 0 radical (unpaired) electrons. The number of ether oxygens (including phenoxy) is 4. The van der Waals surface area contributed by atoms with Gasteiger partial charge in [-0.15, -0.1) is 0 Å². The van der Waals surface area contributed by atoms with Gasteiger partial charge in [-0.1, -0.05) is 61.9 Å². The highest BCUT2D eigenvalue weighted by Gasteiger charge is 2.11. The smallest absolute Gasteiger partial charge is 0.271 e. The monoisotopic (exact) mass is 580 g/mol. The van der Waals surface area contributed by atoms with Crippen LogP contribution in [0.5, 0.6) is 23.0 Å². The van der Waals surface area contributed by atoms with Crippen molar-refractivity contribution < 1.29 is 23.7 Å². The van der Waals surface area contributed by atoms with Crippen molar-refractivity contribution >= 4 is 12.1 Å². The highest BCUT2D eigenvalue weighted by atomic mass is 16.5.